The van der Waals surface area contributed by atoms with Gasteiger partial charge in [0.1, 0.15) is 11.3 Å². The van der Waals surface area contributed by atoms with Gasteiger partial charge in [-0.15, -0.1) is 0 Å². The minimum Gasteiger partial charge on any atom is -0.382 e. The number of carbonyl (C=O) groups excluding carboxylic acids is 1. The number of carbonyl (C=O) groups is 1. The minimum absolute atomic E-state index is 0.380. The summed E-state index contributed by atoms with van der Waals surface area (Å²) in [5, 5.41) is 2.74. The number of aryl methyl sites for hydroxylation is 1. The van der Waals surface area contributed by atoms with E-state index in [4.69, 9.17) is 9.47 Å². The average molecular weight is 498 g/mol. The van der Waals surface area contributed by atoms with Gasteiger partial charge in [0.15, 0.2) is 5.65 Å². The van der Waals surface area contributed by atoms with E-state index in [0.717, 1.165) is 36.1 Å². The van der Waals surface area contributed by atoms with Crippen LogP contribution in [0, 0.1) is 0 Å². The maximum absolute atomic E-state index is 12.5. The van der Waals surface area contributed by atoms with Gasteiger partial charge >= 0.3 is 6.03 Å². The Morgan fingerprint density at radius 1 is 0.973 bits per heavy atom. The van der Waals surface area contributed by atoms with Crippen LogP contribution in [0.15, 0.2) is 77.9 Å². The maximum Gasteiger partial charge on any atom is 0.346 e. The molecule has 2 aromatic carbocycles. The van der Waals surface area contributed by atoms with Crippen LogP contribution < -0.4 is 5.32 Å². The summed E-state index contributed by atoms with van der Waals surface area (Å²) >= 11 is 0. The lowest BCUT2D eigenvalue weighted by Gasteiger charge is -2.07. The van der Waals surface area contributed by atoms with Gasteiger partial charge in [-0.1, -0.05) is 48.5 Å². The molecule has 1 N–H and O–H groups in total. The van der Waals surface area contributed by atoms with Crippen molar-refractivity contribution in [1.82, 2.24) is 15.0 Å². The molecule has 8 heteroatoms. The topological polar surface area (TPSA) is 98.6 Å². The first kappa shape index (κ1) is 26.1. The third-order valence-electron chi connectivity index (χ3n) is 5.70. The molecule has 0 aliphatic heterocycles. The highest BCUT2D eigenvalue weighted by Crippen LogP contribution is 2.21. The molecule has 4 aromatic rings. The fraction of sp³-hybridized carbons (Fsp3) is 0.276. The summed E-state index contributed by atoms with van der Waals surface area (Å²) in [4.78, 5) is 30.3. The highest BCUT2D eigenvalue weighted by molar-refractivity contribution is 5.99. The van der Waals surface area contributed by atoms with Crippen molar-refractivity contribution in [2.45, 2.75) is 32.8 Å². The Bertz CT molecular complexity index is 1360. The number of nitrogens with zero attached hydrogens (tertiary/aromatic N) is 4. The van der Waals surface area contributed by atoms with Gasteiger partial charge in [-0.2, -0.15) is 0 Å². The third-order valence-corrected chi connectivity index (χ3v) is 5.70. The molecule has 8 nitrogen and oxygen atoms in total. The van der Waals surface area contributed by atoms with Gasteiger partial charge in [0.25, 0.3) is 0 Å². The Hall–Kier alpha value is -4.01. The molecule has 0 bridgehead atoms. The molecular weight excluding hydrogens is 466 g/mol. The number of hydrogen-bond donors (Lipinski definition) is 1. The number of benzene rings is 2. The summed E-state index contributed by atoms with van der Waals surface area (Å²) in [7, 11) is 1.65. The Balaban J connectivity index is 1.38. The molecule has 190 valence electrons. The number of amides is 2. The number of pyridine rings is 1. The van der Waals surface area contributed by atoms with Crippen LogP contribution in [0.5, 0.6) is 0 Å². The van der Waals surface area contributed by atoms with E-state index in [0.29, 0.717) is 42.5 Å². The number of urea groups is 1. The Labute approximate surface area is 216 Å². The first-order valence-corrected chi connectivity index (χ1v) is 12.3. The predicted molar refractivity (Wildman–Crippen MR) is 146 cm³/mol. The van der Waals surface area contributed by atoms with Crippen LogP contribution >= 0.6 is 0 Å². The van der Waals surface area contributed by atoms with Crippen LogP contribution in [0.25, 0.3) is 22.4 Å². The Morgan fingerprint density at radius 2 is 1.81 bits per heavy atom. The molecule has 0 saturated heterocycles. The maximum atomic E-state index is 12.5. The van der Waals surface area contributed by atoms with E-state index in [-0.39, 0.29) is 0 Å². The van der Waals surface area contributed by atoms with Crippen LogP contribution in [0.2, 0.25) is 0 Å². The lowest BCUT2D eigenvalue weighted by Crippen LogP contribution is -2.10. The van der Waals surface area contributed by atoms with Gasteiger partial charge in [-0.25, -0.2) is 19.8 Å². The normalized spacial score (nSPS) is 11.6. The molecule has 0 aliphatic rings. The molecule has 0 radical (unpaired) electrons. The molecule has 0 saturated carbocycles. The number of ether oxygens (including phenoxy) is 2. The SMILES string of the molecule is COCCOCc1cccc(-c2cnc3ccc(NC(=O)N=C(C)CCCc4ccccc4)nc3n2)c1. The predicted octanol–water partition coefficient (Wildman–Crippen LogP) is 5.87. The number of aromatic nitrogens is 3. The quantitative estimate of drug-likeness (QED) is 0.206. The van der Waals surface area contributed by atoms with E-state index in [1.165, 1.54) is 5.56 Å². The van der Waals surface area contributed by atoms with Gasteiger partial charge in [-0.3, -0.25) is 10.3 Å². The van der Waals surface area contributed by atoms with Crippen molar-refractivity contribution < 1.29 is 14.3 Å². The van der Waals surface area contributed by atoms with Gasteiger partial charge in [0, 0.05) is 18.4 Å². The highest BCUT2D eigenvalue weighted by atomic mass is 16.5. The number of anilines is 1. The lowest BCUT2D eigenvalue weighted by molar-refractivity contribution is 0.0617. The zero-order valence-corrected chi connectivity index (χ0v) is 21.2. The molecule has 2 aromatic heterocycles. The number of hydrogen-bond acceptors (Lipinski definition) is 6. The second kappa shape index (κ2) is 13.3. The molecule has 2 amide bonds. The van der Waals surface area contributed by atoms with E-state index < -0.39 is 6.03 Å². The van der Waals surface area contributed by atoms with Crippen LogP contribution in [-0.2, 0) is 22.5 Å². The fourth-order valence-corrected chi connectivity index (χ4v) is 3.82. The molecule has 0 unspecified atom stereocenters. The van der Waals surface area contributed by atoms with Crippen LogP contribution in [0.4, 0.5) is 10.6 Å². The summed E-state index contributed by atoms with van der Waals surface area (Å²) in [6.07, 6.45) is 4.35. The summed E-state index contributed by atoms with van der Waals surface area (Å²) in [6, 6.07) is 21.3. The lowest BCUT2D eigenvalue weighted by atomic mass is 10.1. The van der Waals surface area contributed by atoms with E-state index >= 15 is 0 Å². The third kappa shape index (κ3) is 7.99. The smallest absolute Gasteiger partial charge is 0.346 e. The second-order valence-electron chi connectivity index (χ2n) is 8.66. The highest BCUT2D eigenvalue weighted by Gasteiger charge is 2.08. The zero-order chi connectivity index (χ0) is 25.9. The Morgan fingerprint density at radius 3 is 2.65 bits per heavy atom. The summed E-state index contributed by atoms with van der Waals surface area (Å²) in [5.74, 6) is 0.380. The van der Waals surface area contributed by atoms with Crippen molar-refractivity contribution in [2.24, 2.45) is 4.99 Å². The van der Waals surface area contributed by atoms with E-state index in [2.05, 4.69) is 37.4 Å². The van der Waals surface area contributed by atoms with E-state index in [1.54, 1.807) is 25.4 Å². The molecule has 0 atom stereocenters. The zero-order valence-electron chi connectivity index (χ0n) is 21.2. The van der Waals surface area contributed by atoms with Crippen LogP contribution in [0.3, 0.4) is 0 Å². The fourth-order valence-electron chi connectivity index (χ4n) is 3.82. The minimum atomic E-state index is -0.450. The molecule has 37 heavy (non-hydrogen) atoms. The van der Waals surface area contributed by atoms with Crippen molar-refractivity contribution >= 4 is 28.7 Å². The van der Waals surface area contributed by atoms with Crippen LogP contribution in [-0.4, -0.2) is 47.0 Å². The molecule has 0 aliphatic carbocycles. The Kier molecular flexibility index (Phi) is 9.40. The first-order chi connectivity index (χ1) is 18.1. The monoisotopic (exact) mass is 497 g/mol. The second-order valence-corrected chi connectivity index (χ2v) is 8.66. The molecule has 0 spiro atoms. The van der Waals surface area contributed by atoms with Crippen molar-refractivity contribution in [3.8, 4) is 11.3 Å². The first-order valence-electron chi connectivity index (χ1n) is 12.3. The summed E-state index contributed by atoms with van der Waals surface area (Å²) < 4.78 is 10.6. The van der Waals surface area contributed by atoms with Gasteiger partial charge in [0.2, 0.25) is 0 Å². The number of nitrogens with one attached hydrogen (secondary N) is 1. The van der Waals surface area contributed by atoms with Gasteiger partial charge in [-0.05, 0) is 55.5 Å². The number of aliphatic imine (C=N–C) groups is 1. The molecule has 4 rings (SSSR count). The van der Waals surface area contributed by atoms with E-state index in [1.807, 2.05) is 49.4 Å². The van der Waals surface area contributed by atoms with Crippen LogP contribution in [0.1, 0.15) is 30.9 Å². The number of fused-ring (bicyclic) bond motifs is 1. The molecule has 2 heterocycles. The van der Waals surface area contributed by atoms with Gasteiger partial charge < -0.3 is 9.47 Å². The standard InChI is InChI=1S/C29H31N5O3/c1-21(8-6-11-22-9-4-3-5-10-22)31-29(35)34-27-15-14-25-28(33-27)32-26(19-30-25)24-13-7-12-23(18-24)20-37-17-16-36-2/h3-5,7,9-10,12-15,18-19H,6,8,11,16-17,20H2,1-2H3,(H,32,33,34,35). The summed E-state index contributed by atoms with van der Waals surface area (Å²) in [6.45, 7) is 3.44. The molecule has 0 fully saturated rings. The van der Waals surface area contributed by atoms with Gasteiger partial charge in [0.05, 0.1) is 31.7 Å². The van der Waals surface area contributed by atoms with E-state index in [9.17, 15) is 4.79 Å². The number of rotatable bonds is 11. The number of methoxy groups -OCH3 is 1. The molecular formula is C29H31N5O3. The summed E-state index contributed by atoms with van der Waals surface area (Å²) in [5.41, 5.74) is 5.78. The van der Waals surface area contributed by atoms with Crippen molar-refractivity contribution in [2.75, 3.05) is 25.6 Å². The largest absolute Gasteiger partial charge is 0.382 e. The van der Waals surface area contributed by atoms with Crippen molar-refractivity contribution in [3.05, 3.63) is 84.1 Å². The van der Waals surface area contributed by atoms with Crippen molar-refractivity contribution in [1.29, 1.82) is 0 Å². The average Bonchev–Trinajstić information content (AvgIpc) is 2.91. The van der Waals surface area contributed by atoms with Crippen molar-refractivity contribution in [3.63, 3.8) is 0 Å².